The molecule has 1 aromatic carbocycles. The lowest BCUT2D eigenvalue weighted by atomic mass is 10.3. The molecule has 3 aromatic rings. The van der Waals surface area contributed by atoms with Crippen molar-refractivity contribution >= 4 is 22.8 Å². The van der Waals surface area contributed by atoms with Crippen molar-refractivity contribution in [3.8, 4) is 0 Å². The molecule has 21 heavy (non-hydrogen) atoms. The third-order valence-corrected chi connectivity index (χ3v) is 3.82. The summed E-state index contributed by atoms with van der Waals surface area (Å²) in [5.41, 5.74) is 7.22. The Labute approximate surface area is 123 Å². The Hall–Kier alpha value is -2.26. The molecule has 0 unspecified atom stereocenters. The summed E-state index contributed by atoms with van der Waals surface area (Å²) in [5, 5.41) is 12.0. The van der Waals surface area contributed by atoms with Gasteiger partial charge in [0.15, 0.2) is 0 Å². The van der Waals surface area contributed by atoms with E-state index in [0.29, 0.717) is 29.7 Å². The van der Waals surface area contributed by atoms with Crippen LogP contribution in [-0.4, -0.2) is 36.7 Å². The largest absolute Gasteiger partial charge is 0.329 e. The molecule has 2 aromatic heterocycles. The predicted molar refractivity (Wildman–Crippen MR) is 78.8 cm³/mol. The number of nitrogens with two attached hydrogens (primary N) is 1. The zero-order chi connectivity index (χ0) is 14.7. The van der Waals surface area contributed by atoms with Gasteiger partial charge in [0.05, 0.1) is 17.6 Å². The van der Waals surface area contributed by atoms with Crippen molar-refractivity contribution in [2.45, 2.75) is 17.5 Å². The van der Waals surface area contributed by atoms with Gasteiger partial charge in [-0.25, -0.2) is 9.67 Å². The molecule has 0 spiro atoms. The van der Waals surface area contributed by atoms with Crippen molar-refractivity contribution in [3.63, 3.8) is 0 Å². The van der Waals surface area contributed by atoms with Gasteiger partial charge >= 0.3 is 0 Å². The minimum atomic E-state index is -0.195. The number of hydrogen-bond acceptors (Lipinski definition) is 7. The summed E-state index contributed by atoms with van der Waals surface area (Å²) in [7, 11) is 0. The van der Waals surface area contributed by atoms with Gasteiger partial charge in [-0.1, -0.05) is 23.9 Å². The van der Waals surface area contributed by atoms with Crippen molar-refractivity contribution in [3.05, 3.63) is 40.3 Å². The Bertz CT molecular complexity index is 812. The number of aromatic amines is 1. The van der Waals surface area contributed by atoms with Gasteiger partial charge in [0.1, 0.15) is 5.69 Å². The van der Waals surface area contributed by atoms with Gasteiger partial charge in [-0.2, -0.15) is 0 Å². The van der Waals surface area contributed by atoms with Crippen LogP contribution in [0.25, 0.3) is 11.0 Å². The van der Waals surface area contributed by atoms with E-state index in [2.05, 4.69) is 25.5 Å². The van der Waals surface area contributed by atoms with Crippen LogP contribution in [0.15, 0.2) is 34.2 Å². The summed E-state index contributed by atoms with van der Waals surface area (Å²) in [6.45, 7) is 0.990. The minimum Gasteiger partial charge on any atom is -0.329 e. The third-order valence-electron chi connectivity index (χ3n) is 2.85. The Balaban J connectivity index is 1.83. The molecule has 0 atom stereocenters. The molecule has 2 heterocycles. The van der Waals surface area contributed by atoms with Gasteiger partial charge in [-0.05, 0) is 22.6 Å². The highest BCUT2D eigenvalue weighted by molar-refractivity contribution is 7.98. The van der Waals surface area contributed by atoms with Crippen LogP contribution in [0.3, 0.4) is 0 Å². The number of hydrogen-bond donors (Lipinski definition) is 2. The summed E-state index contributed by atoms with van der Waals surface area (Å²) < 4.78 is 1.61. The molecule has 108 valence electrons. The van der Waals surface area contributed by atoms with Crippen LogP contribution in [0.5, 0.6) is 0 Å². The van der Waals surface area contributed by atoms with Gasteiger partial charge in [0.2, 0.25) is 5.16 Å². The topological polar surface area (TPSA) is 115 Å². The maximum Gasteiger partial charge on any atom is 0.271 e. The Morgan fingerprint density at radius 1 is 1.33 bits per heavy atom. The number of nitrogens with one attached hydrogen (secondary N) is 1. The molecule has 0 saturated carbocycles. The predicted octanol–water partition coefficient (Wildman–Crippen LogP) is 0.161. The lowest BCUT2D eigenvalue weighted by molar-refractivity contribution is 0.557. The van der Waals surface area contributed by atoms with Crippen molar-refractivity contribution in [2.75, 3.05) is 6.54 Å². The number of fused-ring (bicyclic) bond motifs is 1. The summed E-state index contributed by atoms with van der Waals surface area (Å²) in [4.78, 5) is 19.2. The molecule has 3 rings (SSSR count). The fourth-order valence-corrected chi connectivity index (χ4v) is 2.69. The van der Waals surface area contributed by atoms with E-state index < -0.39 is 0 Å². The highest BCUT2D eigenvalue weighted by Crippen LogP contribution is 2.18. The Morgan fingerprint density at radius 2 is 2.19 bits per heavy atom. The second-order valence-corrected chi connectivity index (χ2v) is 5.23. The normalized spacial score (nSPS) is 11.1. The number of tetrazole rings is 1. The first-order valence-corrected chi connectivity index (χ1v) is 7.33. The fourth-order valence-electron chi connectivity index (χ4n) is 1.86. The summed E-state index contributed by atoms with van der Waals surface area (Å²) >= 11 is 1.36. The van der Waals surface area contributed by atoms with Crippen LogP contribution >= 0.6 is 11.8 Å². The van der Waals surface area contributed by atoms with Crippen LogP contribution in [0.4, 0.5) is 0 Å². The quantitative estimate of drug-likeness (QED) is 0.645. The maximum atomic E-state index is 12.0. The monoisotopic (exact) mass is 303 g/mol. The minimum absolute atomic E-state index is 0.195. The molecule has 0 radical (unpaired) electrons. The third kappa shape index (κ3) is 2.93. The maximum absolute atomic E-state index is 12.0. The number of benzene rings is 1. The second-order valence-electron chi connectivity index (χ2n) is 4.29. The van der Waals surface area contributed by atoms with Crippen LogP contribution in [0.2, 0.25) is 0 Å². The molecule has 0 aliphatic rings. The number of H-pyrrole nitrogens is 1. The summed E-state index contributed by atoms with van der Waals surface area (Å²) in [6.07, 6.45) is 0. The number of para-hydroxylation sites is 2. The van der Waals surface area contributed by atoms with Crippen molar-refractivity contribution in [1.82, 2.24) is 30.2 Å². The van der Waals surface area contributed by atoms with Crippen LogP contribution in [-0.2, 0) is 12.3 Å². The zero-order valence-electron chi connectivity index (χ0n) is 11.1. The van der Waals surface area contributed by atoms with E-state index in [1.807, 2.05) is 24.3 Å². The number of nitrogens with zero attached hydrogens (tertiary/aromatic N) is 5. The van der Waals surface area contributed by atoms with Crippen LogP contribution in [0, 0.1) is 0 Å². The van der Waals surface area contributed by atoms with E-state index in [0.717, 1.165) is 11.0 Å². The molecule has 8 nitrogen and oxygen atoms in total. The smallest absolute Gasteiger partial charge is 0.271 e. The van der Waals surface area contributed by atoms with Gasteiger partial charge in [-0.3, -0.25) is 4.79 Å². The van der Waals surface area contributed by atoms with Crippen molar-refractivity contribution in [1.29, 1.82) is 0 Å². The summed E-state index contributed by atoms with van der Waals surface area (Å²) in [6, 6.07) is 7.42. The van der Waals surface area contributed by atoms with E-state index in [1.54, 1.807) is 4.68 Å². The molecule has 0 aliphatic carbocycles. The standard InChI is InChI=1S/C12H13N7OS/c13-5-6-19-12(16-17-18-19)21-7-10-11(20)15-9-4-2-1-3-8(9)14-10/h1-4H,5-7,13H2,(H,15,20). The van der Waals surface area contributed by atoms with E-state index in [-0.39, 0.29) is 5.56 Å². The van der Waals surface area contributed by atoms with E-state index in [4.69, 9.17) is 5.73 Å². The summed E-state index contributed by atoms with van der Waals surface area (Å²) in [5.74, 6) is 0.394. The average Bonchev–Trinajstić information content (AvgIpc) is 2.93. The average molecular weight is 303 g/mol. The van der Waals surface area contributed by atoms with Gasteiger partial charge in [0.25, 0.3) is 5.56 Å². The number of rotatable bonds is 5. The molecule has 0 bridgehead atoms. The first kappa shape index (κ1) is 13.7. The van der Waals surface area contributed by atoms with Gasteiger partial charge < -0.3 is 10.7 Å². The van der Waals surface area contributed by atoms with Crippen molar-refractivity contribution in [2.24, 2.45) is 5.73 Å². The first-order valence-electron chi connectivity index (χ1n) is 6.35. The Kier molecular flexibility index (Phi) is 3.93. The molecule has 3 N–H and O–H groups in total. The Morgan fingerprint density at radius 3 is 3.05 bits per heavy atom. The van der Waals surface area contributed by atoms with Crippen LogP contribution in [0.1, 0.15) is 5.69 Å². The van der Waals surface area contributed by atoms with Crippen LogP contribution < -0.4 is 11.3 Å². The first-order chi connectivity index (χ1) is 10.3. The van der Waals surface area contributed by atoms with Gasteiger partial charge in [-0.15, -0.1) is 5.10 Å². The number of aromatic nitrogens is 6. The SMILES string of the molecule is NCCn1nnnc1SCc1nc2ccccc2[nH]c1=O. The molecule has 9 heteroatoms. The van der Waals surface area contributed by atoms with E-state index in [9.17, 15) is 4.79 Å². The molecular formula is C12H13N7OS. The molecule has 0 aliphatic heterocycles. The molecule has 0 amide bonds. The molecular weight excluding hydrogens is 290 g/mol. The lowest BCUT2D eigenvalue weighted by Crippen LogP contribution is -2.15. The lowest BCUT2D eigenvalue weighted by Gasteiger charge is -2.03. The fraction of sp³-hybridized carbons (Fsp3) is 0.250. The van der Waals surface area contributed by atoms with Gasteiger partial charge in [0, 0.05) is 12.3 Å². The molecule has 0 fully saturated rings. The highest BCUT2D eigenvalue weighted by Gasteiger charge is 2.10. The van der Waals surface area contributed by atoms with Crippen molar-refractivity contribution < 1.29 is 0 Å². The highest BCUT2D eigenvalue weighted by atomic mass is 32.2. The second kappa shape index (κ2) is 6.02. The number of thioether (sulfide) groups is 1. The molecule has 0 saturated heterocycles. The van der Waals surface area contributed by atoms with E-state index in [1.165, 1.54) is 11.8 Å². The zero-order valence-corrected chi connectivity index (χ0v) is 11.9. The van der Waals surface area contributed by atoms with E-state index >= 15 is 0 Å².